The first-order valence-electron chi connectivity index (χ1n) is 7.90. The van der Waals surface area contributed by atoms with Gasteiger partial charge in [0.25, 0.3) is 0 Å². The zero-order chi connectivity index (χ0) is 17.6. The van der Waals surface area contributed by atoms with E-state index in [1.165, 1.54) is 11.5 Å². The number of anilines is 1. The molecule has 0 bridgehead atoms. The number of nitrogens with one attached hydrogen (secondary N) is 2. The van der Waals surface area contributed by atoms with Crippen LogP contribution in [0.25, 0.3) is 0 Å². The van der Waals surface area contributed by atoms with Crippen LogP contribution in [-0.2, 0) is 16.4 Å². The van der Waals surface area contributed by atoms with Crippen molar-refractivity contribution < 1.29 is 8.42 Å². The van der Waals surface area contributed by atoms with Gasteiger partial charge in [-0.3, -0.25) is 4.99 Å². The molecular weight excluding hydrogens is 350 g/mol. The van der Waals surface area contributed by atoms with Gasteiger partial charge in [0, 0.05) is 64.3 Å². The second kappa shape index (κ2) is 8.58. The van der Waals surface area contributed by atoms with E-state index in [9.17, 15) is 8.42 Å². The summed E-state index contributed by atoms with van der Waals surface area (Å²) in [5, 5.41) is 4.16. The fraction of sp³-hybridized carbons (Fsp3) is 0.769. The lowest BCUT2D eigenvalue weighted by Gasteiger charge is -2.36. The van der Waals surface area contributed by atoms with Crippen LogP contribution in [0.3, 0.4) is 0 Å². The number of nitrogens with zero attached hydrogens (tertiary/aromatic N) is 5. The number of sulfonamides is 1. The predicted molar refractivity (Wildman–Crippen MR) is 97.3 cm³/mol. The SMILES string of the molecule is CCc1nsc(N2CCN(C(=NC)NCCNS(C)(=O)=O)CC2)n1. The molecule has 136 valence electrons. The van der Waals surface area contributed by atoms with E-state index in [0.717, 1.165) is 55.8 Å². The summed E-state index contributed by atoms with van der Waals surface area (Å²) in [7, 11) is -1.42. The molecule has 0 aromatic carbocycles. The highest BCUT2D eigenvalue weighted by atomic mass is 32.2. The molecule has 0 saturated carbocycles. The molecule has 1 fully saturated rings. The van der Waals surface area contributed by atoms with Gasteiger partial charge in [-0.25, -0.2) is 18.1 Å². The van der Waals surface area contributed by atoms with E-state index in [4.69, 9.17) is 0 Å². The highest BCUT2D eigenvalue weighted by molar-refractivity contribution is 7.88. The summed E-state index contributed by atoms with van der Waals surface area (Å²) >= 11 is 1.45. The van der Waals surface area contributed by atoms with Gasteiger partial charge in [0.2, 0.25) is 15.2 Å². The first kappa shape index (κ1) is 18.9. The van der Waals surface area contributed by atoms with Crippen molar-refractivity contribution in [3.05, 3.63) is 5.82 Å². The van der Waals surface area contributed by atoms with Gasteiger partial charge in [0.1, 0.15) is 5.82 Å². The molecule has 1 saturated heterocycles. The standard InChI is InChI=1S/C13H25N7O2S2/c1-4-11-17-13(23-18-11)20-9-7-19(8-10-20)12(14-2)15-5-6-16-24(3,21)22/h16H,4-10H2,1-3H3,(H,14,15). The normalized spacial score (nSPS) is 16.5. The Balaban J connectivity index is 1.79. The molecule has 2 N–H and O–H groups in total. The molecule has 0 atom stereocenters. The lowest BCUT2D eigenvalue weighted by Crippen LogP contribution is -2.53. The number of aryl methyl sites for hydroxylation is 1. The van der Waals surface area contributed by atoms with Gasteiger partial charge in [-0.05, 0) is 0 Å². The second-order valence-electron chi connectivity index (χ2n) is 5.46. The van der Waals surface area contributed by atoms with E-state index in [2.05, 4.69) is 41.1 Å². The largest absolute Gasteiger partial charge is 0.355 e. The molecule has 0 spiro atoms. The molecule has 11 heteroatoms. The predicted octanol–water partition coefficient (Wildman–Crippen LogP) is -0.653. The molecule has 1 aliphatic rings. The quantitative estimate of drug-likeness (QED) is 0.387. The topological polar surface area (TPSA) is 103 Å². The number of hydrogen-bond acceptors (Lipinski definition) is 7. The third-order valence-electron chi connectivity index (χ3n) is 3.61. The Morgan fingerprint density at radius 2 is 2.00 bits per heavy atom. The summed E-state index contributed by atoms with van der Waals surface area (Å²) in [6.45, 7) is 6.28. The fourth-order valence-electron chi connectivity index (χ4n) is 2.37. The molecule has 2 heterocycles. The molecular formula is C13H25N7O2S2. The van der Waals surface area contributed by atoms with Gasteiger partial charge in [-0.15, -0.1) is 0 Å². The van der Waals surface area contributed by atoms with E-state index in [0.29, 0.717) is 13.1 Å². The van der Waals surface area contributed by atoms with Crippen molar-refractivity contribution in [3.63, 3.8) is 0 Å². The molecule has 24 heavy (non-hydrogen) atoms. The van der Waals surface area contributed by atoms with Crippen LogP contribution in [0.5, 0.6) is 0 Å². The molecule has 1 aromatic heterocycles. The van der Waals surface area contributed by atoms with Crippen LogP contribution in [0.4, 0.5) is 5.13 Å². The summed E-state index contributed by atoms with van der Waals surface area (Å²) in [5.41, 5.74) is 0. The third-order valence-corrected chi connectivity index (χ3v) is 5.15. The zero-order valence-corrected chi connectivity index (χ0v) is 16.0. The molecule has 2 rings (SSSR count). The maximum absolute atomic E-state index is 11.0. The van der Waals surface area contributed by atoms with Gasteiger partial charge in [0.05, 0.1) is 6.26 Å². The monoisotopic (exact) mass is 375 g/mol. The van der Waals surface area contributed by atoms with E-state index < -0.39 is 10.0 Å². The average Bonchev–Trinajstić information content (AvgIpc) is 3.03. The summed E-state index contributed by atoms with van der Waals surface area (Å²) in [5.74, 6) is 1.68. The number of aromatic nitrogens is 2. The molecule has 0 aliphatic carbocycles. The van der Waals surface area contributed by atoms with Crippen LogP contribution in [0.2, 0.25) is 0 Å². The zero-order valence-electron chi connectivity index (χ0n) is 14.3. The van der Waals surface area contributed by atoms with Crippen molar-refractivity contribution in [1.29, 1.82) is 0 Å². The first-order valence-corrected chi connectivity index (χ1v) is 10.6. The van der Waals surface area contributed by atoms with Crippen LogP contribution in [-0.4, -0.2) is 81.2 Å². The lowest BCUT2D eigenvalue weighted by atomic mass is 10.3. The van der Waals surface area contributed by atoms with Crippen molar-refractivity contribution in [2.24, 2.45) is 4.99 Å². The van der Waals surface area contributed by atoms with Gasteiger partial charge in [-0.2, -0.15) is 4.37 Å². The Morgan fingerprint density at radius 3 is 2.54 bits per heavy atom. The van der Waals surface area contributed by atoms with E-state index in [-0.39, 0.29) is 0 Å². The molecule has 1 aliphatic heterocycles. The van der Waals surface area contributed by atoms with Crippen molar-refractivity contribution in [3.8, 4) is 0 Å². The smallest absolute Gasteiger partial charge is 0.208 e. The number of guanidine groups is 1. The van der Waals surface area contributed by atoms with Gasteiger partial charge in [-0.1, -0.05) is 6.92 Å². The van der Waals surface area contributed by atoms with Gasteiger partial charge in [0.15, 0.2) is 5.96 Å². The van der Waals surface area contributed by atoms with E-state index >= 15 is 0 Å². The van der Waals surface area contributed by atoms with Crippen molar-refractivity contribution >= 4 is 32.6 Å². The Bertz CT molecular complexity index is 651. The van der Waals surface area contributed by atoms with Crippen LogP contribution < -0.4 is 14.9 Å². The van der Waals surface area contributed by atoms with E-state index in [1.807, 2.05) is 0 Å². The van der Waals surface area contributed by atoms with Crippen molar-refractivity contribution in [2.75, 3.05) is 57.5 Å². The highest BCUT2D eigenvalue weighted by Crippen LogP contribution is 2.19. The summed E-state index contributed by atoms with van der Waals surface area (Å²) in [4.78, 5) is 13.2. The minimum Gasteiger partial charge on any atom is -0.355 e. The molecule has 1 aromatic rings. The third kappa shape index (κ3) is 5.56. The Morgan fingerprint density at radius 1 is 1.29 bits per heavy atom. The second-order valence-corrected chi connectivity index (χ2v) is 8.02. The molecule has 0 amide bonds. The van der Waals surface area contributed by atoms with Crippen molar-refractivity contribution in [2.45, 2.75) is 13.3 Å². The summed E-state index contributed by atoms with van der Waals surface area (Å²) in [6.07, 6.45) is 2.01. The van der Waals surface area contributed by atoms with Crippen LogP contribution in [0, 0.1) is 0 Å². The maximum atomic E-state index is 11.0. The van der Waals surface area contributed by atoms with Crippen molar-refractivity contribution in [1.82, 2.24) is 24.3 Å². The number of hydrogen-bond donors (Lipinski definition) is 2. The van der Waals surface area contributed by atoms with Gasteiger partial charge < -0.3 is 15.1 Å². The van der Waals surface area contributed by atoms with E-state index in [1.54, 1.807) is 7.05 Å². The minimum atomic E-state index is -3.15. The average molecular weight is 376 g/mol. The summed E-state index contributed by atoms with van der Waals surface area (Å²) < 4.78 is 28.9. The highest BCUT2D eigenvalue weighted by Gasteiger charge is 2.21. The Kier molecular flexibility index (Phi) is 6.75. The number of rotatable bonds is 6. The maximum Gasteiger partial charge on any atom is 0.208 e. The molecule has 0 radical (unpaired) electrons. The minimum absolute atomic E-state index is 0.336. The lowest BCUT2D eigenvalue weighted by molar-refractivity contribution is 0.372. The van der Waals surface area contributed by atoms with Crippen LogP contribution in [0.1, 0.15) is 12.7 Å². The van der Waals surface area contributed by atoms with Gasteiger partial charge >= 0.3 is 0 Å². The Hall–Kier alpha value is -1.46. The fourth-order valence-corrected chi connectivity index (χ4v) is 3.64. The summed E-state index contributed by atoms with van der Waals surface area (Å²) in [6, 6.07) is 0. The van der Waals surface area contributed by atoms with Crippen LogP contribution in [0.15, 0.2) is 4.99 Å². The molecule has 9 nitrogen and oxygen atoms in total. The Labute approximate surface area is 147 Å². The number of piperazine rings is 1. The molecule has 0 unspecified atom stereocenters. The van der Waals surface area contributed by atoms with Crippen LogP contribution >= 0.6 is 11.5 Å². The first-order chi connectivity index (χ1) is 11.4. The number of aliphatic imine (C=N–C) groups is 1.